The third-order valence-corrected chi connectivity index (χ3v) is 6.32. The Morgan fingerprint density at radius 1 is 1.18 bits per heavy atom. The van der Waals surface area contributed by atoms with Gasteiger partial charge in [-0.1, -0.05) is 38.1 Å². The second-order valence-electron chi connectivity index (χ2n) is 9.38. The van der Waals surface area contributed by atoms with Gasteiger partial charge in [0.1, 0.15) is 11.6 Å². The molecule has 3 atom stereocenters. The summed E-state index contributed by atoms with van der Waals surface area (Å²) in [5, 5.41) is 19.9. The van der Waals surface area contributed by atoms with Gasteiger partial charge in [-0.15, -0.1) is 0 Å². The Bertz CT molecular complexity index is 1010. The molecule has 0 saturated carbocycles. The fourth-order valence-corrected chi connectivity index (χ4v) is 4.50. The maximum absolute atomic E-state index is 13.7. The minimum atomic E-state index is -1.06. The lowest BCUT2D eigenvalue weighted by atomic mass is 9.79. The molecule has 34 heavy (non-hydrogen) atoms. The Hall–Kier alpha value is -2.84. The first-order valence-electron chi connectivity index (χ1n) is 11.6. The zero-order chi connectivity index (χ0) is 24.9. The highest BCUT2D eigenvalue weighted by molar-refractivity contribution is 5.78. The van der Waals surface area contributed by atoms with Gasteiger partial charge in [-0.3, -0.25) is 9.59 Å². The average molecular weight is 474 g/mol. The summed E-state index contributed by atoms with van der Waals surface area (Å²) in [5.74, 6) is -1.58. The maximum Gasteiger partial charge on any atom is 0.222 e. The number of nitrogens with one attached hydrogen (secondary N) is 3. The van der Waals surface area contributed by atoms with Crippen molar-refractivity contribution >= 4 is 11.8 Å². The third kappa shape index (κ3) is 6.61. The van der Waals surface area contributed by atoms with Crippen molar-refractivity contribution in [1.29, 1.82) is 0 Å². The molecular formula is C26H33F2N3O3. The van der Waals surface area contributed by atoms with Crippen LogP contribution >= 0.6 is 0 Å². The minimum Gasteiger partial charge on any atom is -0.390 e. The number of carbonyl (C=O) groups excluding carboxylic acids is 2. The first-order chi connectivity index (χ1) is 16.1. The highest BCUT2D eigenvalue weighted by Gasteiger charge is 2.38. The smallest absolute Gasteiger partial charge is 0.222 e. The van der Waals surface area contributed by atoms with E-state index in [4.69, 9.17) is 0 Å². The molecule has 0 aliphatic carbocycles. The molecule has 0 unspecified atom stereocenters. The van der Waals surface area contributed by atoms with E-state index in [0.29, 0.717) is 24.4 Å². The predicted molar refractivity (Wildman–Crippen MR) is 126 cm³/mol. The zero-order valence-corrected chi connectivity index (χ0v) is 19.8. The van der Waals surface area contributed by atoms with Gasteiger partial charge in [0.25, 0.3) is 0 Å². The minimum absolute atomic E-state index is 0.0490. The van der Waals surface area contributed by atoms with Gasteiger partial charge < -0.3 is 21.1 Å². The molecule has 4 N–H and O–H groups in total. The first-order valence-corrected chi connectivity index (χ1v) is 11.6. The summed E-state index contributed by atoms with van der Waals surface area (Å²) in [6.45, 7) is 6.09. The van der Waals surface area contributed by atoms with Gasteiger partial charge in [-0.25, -0.2) is 8.78 Å². The van der Waals surface area contributed by atoms with Crippen molar-refractivity contribution < 1.29 is 23.5 Å². The second kappa shape index (κ2) is 11.1. The van der Waals surface area contributed by atoms with Crippen LogP contribution in [0.1, 0.15) is 56.2 Å². The van der Waals surface area contributed by atoms with Crippen molar-refractivity contribution in [3.63, 3.8) is 0 Å². The molecule has 3 rings (SSSR count). The van der Waals surface area contributed by atoms with Crippen molar-refractivity contribution in [2.75, 3.05) is 13.1 Å². The Morgan fingerprint density at radius 2 is 1.88 bits per heavy atom. The Morgan fingerprint density at radius 3 is 2.50 bits per heavy atom. The van der Waals surface area contributed by atoms with Gasteiger partial charge >= 0.3 is 0 Å². The third-order valence-electron chi connectivity index (χ3n) is 6.32. The molecule has 0 radical (unpaired) electrons. The molecule has 0 bridgehead atoms. The first kappa shape index (κ1) is 25.8. The van der Waals surface area contributed by atoms with Gasteiger partial charge in [0.05, 0.1) is 17.7 Å². The van der Waals surface area contributed by atoms with Gasteiger partial charge in [-0.2, -0.15) is 0 Å². The summed E-state index contributed by atoms with van der Waals surface area (Å²) in [6.07, 6.45) is -0.174. The number of benzene rings is 2. The van der Waals surface area contributed by atoms with Gasteiger partial charge in [0, 0.05) is 32.5 Å². The standard InChI is InChI=1S/C26H33F2N3O3/c1-16(2)19-5-4-6-20(12-19)26(7-8-29-25(34)14-26)30-15-24(33)23(31-17(3)32)11-18-9-21(27)13-22(28)10-18/h4-6,9-10,12-13,16,23-24,30,33H,7-8,11,14-15H2,1-3H3,(H,29,34)(H,31,32)/t23-,24+,26-/m0/s1. The van der Waals surface area contributed by atoms with Crippen molar-refractivity contribution in [2.24, 2.45) is 0 Å². The number of rotatable bonds is 9. The molecule has 184 valence electrons. The summed E-state index contributed by atoms with van der Waals surface area (Å²) in [6, 6.07) is 10.4. The number of hydrogen-bond donors (Lipinski definition) is 4. The van der Waals surface area contributed by atoms with E-state index < -0.39 is 29.3 Å². The van der Waals surface area contributed by atoms with E-state index in [2.05, 4.69) is 35.9 Å². The van der Waals surface area contributed by atoms with Crippen molar-refractivity contribution in [3.8, 4) is 0 Å². The maximum atomic E-state index is 13.7. The number of carbonyl (C=O) groups is 2. The SMILES string of the molecule is CC(=O)N[C@@H](Cc1cc(F)cc(F)c1)[C@H](O)CN[C@@]1(c2cccc(C(C)C)c2)CCNC(=O)C1. The van der Waals surface area contributed by atoms with Crippen LogP contribution in [0.2, 0.25) is 0 Å². The van der Waals surface area contributed by atoms with E-state index in [1.54, 1.807) is 0 Å². The summed E-state index contributed by atoms with van der Waals surface area (Å²) >= 11 is 0. The summed E-state index contributed by atoms with van der Waals surface area (Å²) < 4.78 is 27.3. The van der Waals surface area contributed by atoms with Gasteiger partial charge in [0.2, 0.25) is 11.8 Å². The molecule has 2 aromatic rings. The van der Waals surface area contributed by atoms with Crippen molar-refractivity contribution in [2.45, 2.75) is 63.6 Å². The van der Waals surface area contributed by atoms with Crippen LogP contribution in [0.3, 0.4) is 0 Å². The van der Waals surface area contributed by atoms with Crippen molar-refractivity contribution in [1.82, 2.24) is 16.0 Å². The average Bonchev–Trinajstić information content (AvgIpc) is 2.76. The largest absolute Gasteiger partial charge is 0.390 e. The van der Waals surface area contributed by atoms with E-state index in [1.807, 2.05) is 18.2 Å². The van der Waals surface area contributed by atoms with E-state index in [-0.39, 0.29) is 31.2 Å². The molecule has 1 aliphatic heterocycles. The highest BCUT2D eigenvalue weighted by Crippen LogP contribution is 2.33. The van der Waals surface area contributed by atoms with E-state index >= 15 is 0 Å². The van der Waals surface area contributed by atoms with Crippen LogP contribution in [-0.4, -0.2) is 42.2 Å². The van der Waals surface area contributed by atoms with Gasteiger partial charge in [0.15, 0.2) is 0 Å². The number of aliphatic hydroxyl groups excluding tert-OH is 1. The van der Waals surface area contributed by atoms with Crippen LogP contribution < -0.4 is 16.0 Å². The molecule has 1 fully saturated rings. The van der Waals surface area contributed by atoms with Gasteiger partial charge in [-0.05, 0) is 47.6 Å². The fourth-order valence-electron chi connectivity index (χ4n) is 4.50. The lowest BCUT2D eigenvalue weighted by molar-refractivity contribution is -0.124. The van der Waals surface area contributed by atoms with E-state index in [1.165, 1.54) is 19.1 Å². The zero-order valence-electron chi connectivity index (χ0n) is 19.8. The van der Waals surface area contributed by atoms with Crippen LogP contribution in [0.5, 0.6) is 0 Å². The molecule has 2 aromatic carbocycles. The monoisotopic (exact) mass is 473 g/mol. The quantitative estimate of drug-likeness (QED) is 0.451. The Balaban J connectivity index is 1.82. The molecule has 1 aliphatic rings. The lowest BCUT2D eigenvalue weighted by Gasteiger charge is -2.40. The number of piperidine rings is 1. The second-order valence-corrected chi connectivity index (χ2v) is 9.38. The van der Waals surface area contributed by atoms with Crippen LogP contribution in [0.4, 0.5) is 8.78 Å². The molecular weight excluding hydrogens is 440 g/mol. The molecule has 1 heterocycles. The summed E-state index contributed by atoms with van der Waals surface area (Å²) in [5.41, 5.74) is 1.75. The van der Waals surface area contributed by atoms with Crippen LogP contribution in [0.25, 0.3) is 0 Å². The fraction of sp³-hybridized carbons (Fsp3) is 0.462. The Labute approximate surface area is 199 Å². The van der Waals surface area contributed by atoms with E-state index in [9.17, 15) is 23.5 Å². The molecule has 0 spiro atoms. The van der Waals surface area contributed by atoms with E-state index in [0.717, 1.165) is 17.2 Å². The molecule has 1 saturated heterocycles. The summed E-state index contributed by atoms with van der Waals surface area (Å²) in [7, 11) is 0. The highest BCUT2D eigenvalue weighted by atomic mass is 19.1. The molecule has 0 aromatic heterocycles. The van der Waals surface area contributed by atoms with Crippen molar-refractivity contribution in [3.05, 3.63) is 70.8 Å². The number of halogens is 2. The van der Waals surface area contributed by atoms with Crippen LogP contribution in [0.15, 0.2) is 42.5 Å². The number of amides is 2. The predicted octanol–water partition coefficient (Wildman–Crippen LogP) is 2.89. The Kier molecular flexibility index (Phi) is 8.38. The van der Waals surface area contributed by atoms with Crippen LogP contribution in [0, 0.1) is 11.6 Å². The molecule has 8 heteroatoms. The molecule has 2 amide bonds. The lowest BCUT2D eigenvalue weighted by Crippen LogP contribution is -2.56. The van der Waals surface area contributed by atoms with Crippen LogP contribution in [-0.2, 0) is 21.5 Å². The molecule has 6 nitrogen and oxygen atoms in total. The normalized spacial score (nSPS) is 20.0. The topological polar surface area (TPSA) is 90.5 Å². The number of hydrogen-bond acceptors (Lipinski definition) is 4. The number of aliphatic hydroxyl groups is 1. The summed E-state index contributed by atoms with van der Waals surface area (Å²) in [4.78, 5) is 24.1.